The van der Waals surface area contributed by atoms with Crippen molar-refractivity contribution in [3.63, 3.8) is 0 Å². The van der Waals surface area contributed by atoms with Crippen LogP contribution in [0, 0.1) is 13.8 Å². The Bertz CT molecular complexity index is 578. The molecular weight excluding hydrogens is 270 g/mol. The first-order chi connectivity index (χ1) is 9.58. The average Bonchev–Trinajstić information content (AvgIpc) is 2.95. The molecule has 2 N–H and O–H groups in total. The van der Waals surface area contributed by atoms with Crippen molar-refractivity contribution < 1.29 is 9.90 Å². The van der Waals surface area contributed by atoms with Crippen LogP contribution in [0.25, 0.3) is 0 Å². The average molecular weight is 289 g/mol. The van der Waals surface area contributed by atoms with Gasteiger partial charge in [0, 0.05) is 12.1 Å². The molecule has 20 heavy (non-hydrogen) atoms. The molecule has 2 rings (SSSR count). The second-order valence-corrected chi connectivity index (χ2v) is 5.72. The zero-order valence-electron chi connectivity index (χ0n) is 11.7. The lowest BCUT2D eigenvalue weighted by atomic mass is 10.0. The fourth-order valence-corrected chi connectivity index (χ4v) is 2.74. The monoisotopic (exact) mass is 289 g/mol. The van der Waals surface area contributed by atoms with Crippen molar-refractivity contribution in [1.29, 1.82) is 0 Å². The van der Waals surface area contributed by atoms with Crippen molar-refractivity contribution in [2.24, 2.45) is 0 Å². The smallest absolute Gasteiger partial charge is 0.251 e. The molecule has 0 saturated carbocycles. The number of nitrogens with one attached hydrogen (secondary N) is 1. The lowest BCUT2D eigenvalue weighted by Crippen LogP contribution is -2.26. The van der Waals surface area contributed by atoms with E-state index in [1.807, 2.05) is 48.9 Å². The summed E-state index contributed by atoms with van der Waals surface area (Å²) in [5, 5.41) is 16.7. The molecule has 0 saturated heterocycles. The minimum Gasteiger partial charge on any atom is -0.388 e. The molecule has 4 heteroatoms. The van der Waals surface area contributed by atoms with Crippen LogP contribution in [0.3, 0.4) is 0 Å². The molecule has 0 bridgehead atoms. The van der Waals surface area contributed by atoms with E-state index in [4.69, 9.17) is 0 Å². The van der Waals surface area contributed by atoms with Gasteiger partial charge in [0.2, 0.25) is 0 Å². The fourth-order valence-electron chi connectivity index (χ4n) is 2.03. The Morgan fingerprint density at radius 1 is 1.35 bits per heavy atom. The number of carbonyl (C=O) groups is 1. The van der Waals surface area contributed by atoms with Crippen molar-refractivity contribution in [3.05, 3.63) is 57.3 Å². The van der Waals surface area contributed by atoms with Crippen LogP contribution in [0.2, 0.25) is 0 Å². The molecule has 1 aromatic carbocycles. The first-order valence-corrected chi connectivity index (χ1v) is 7.58. The van der Waals surface area contributed by atoms with Gasteiger partial charge in [-0.3, -0.25) is 4.79 Å². The van der Waals surface area contributed by atoms with E-state index in [2.05, 4.69) is 5.32 Å². The van der Waals surface area contributed by atoms with Gasteiger partial charge >= 0.3 is 0 Å². The lowest BCUT2D eigenvalue weighted by Gasteiger charge is -2.11. The number of benzene rings is 1. The van der Waals surface area contributed by atoms with Gasteiger partial charge in [-0.2, -0.15) is 11.3 Å². The zero-order chi connectivity index (χ0) is 14.5. The van der Waals surface area contributed by atoms with Gasteiger partial charge in [-0.1, -0.05) is 17.7 Å². The van der Waals surface area contributed by atoms with Crippen molar-refractivity contribution in [1.82, 2.24) is 5.32 Å². The van der Waals surface area contributed by atoms with Gasteiger partial charge in [0.1, 0.15) is 0 Å². The van der Waals surface area contributed by atoms with Crippen LogP contribution in [0.1, 0.15) is 39.6 Å². The van der Waals surface area contributed by atoms with Crippen molar-refractivity contribution in [2.75, 3.05) is 6.54 Å². The molecule has 0 radical (unpaired) electrons. The summed E-state index contributed by atoms with van der Waals surface area (Å²) in [4.78, 5) is 12.1. The maximum absolute atomic E-state index is 12.1. The summed E-state index contributed by atoms with van der Waals surface area (Å²) < 4.78 is 0. The molecular formula is C16H19NO2S. The van der Waals surface area contributed by atoms with Crippen LogP contribution >= 0.6 is 11.3 Å². The highest BCUT2D eigenvalue weighted by Gasteiger charge is 2.11. The summed E-state index contributed by atoms with van der Waals surface area (Å²) in [5.74, 6) is -0.0799. The lowest BCUT2D eigenvalue weighted by molar-refractivity contribution is 0.0942. The summed E-state index contributed by atoms with van der Waals surface area (Å²) in [5.41, 5.74) is 3.65. The second kappa shape index (κ2) is 6.68. The van der Waals surface area contributed by atoms with Crippen molar-refractivity contribution in [3.8, 4) is 0 Å². The molecule has 1 amide bonds. The number of aryl methyl sites for hydroxylation is 2. The highest BCUT2D eigenvalue weighted by Crippen LogP contribution is 2.18. The molecule has 0 aliphatic carbocycles. The molecule has 1 atom stereocenters. The summed E-state index contributed by atoms with van der Waals surface area (Å²) in [6.07, 6.45) is 0.00742. The highest BCUT2D eigenvalue weighted by molar-refractivity contribution is 7.07. The minimum atomic E-state index is -0.514. The Morgan fingerprint density at radius 2 is 2.15 bits per heavy atom. The number of hydrogen-bond acceptors (Lipinski definition) is 3. The summed E-state index contributed by atoms with van der Waals surface area (Å²) in [6.45, 7) is 4.36. The summed E-state index contributed by atoms with van der Waals surface area (Å²) in [7, 11) is 0. The Kier molecular flexibility index (Phi) is 4.93. The molecule has 1 heterocycles. The van der Waals surface area contributed by atoms with Gasteiger partial charge in [0.05, 0.1) is 6.10 Å². The highest BCUT2D eigenvalue weighted by atomic mass is 32.1. The fraction of sp³-hybridized carbons (Fsp3) is 0.312. The largest absolute Gasteiger partial charge is 0.388 e. The standard InChI is InChI=1S/C16H19NO2S/c1-11-3-4-12(2)14(9-11)16(19)17-7-5-15(18)13-6-8-20-10-13/h3-4,6,8-10,15,18H,5,7H2,1-2H3,(H,17,19). The third kappa shape index (κ3) is 3.68. The van der Waals surface area contributed by atoms with E-state index in [1.54, 1.807) is 11.3 Å². The Hall–Kier alpha value is -1.65. The SMILES string of the molecule is Cc1ccc(C)c(C(=O)NCCC(O)c2ccsc2)c1. The van der Waals surface area contributed by atoms with Gasteiger partial charge in [-0.25, -0.2) is 0 Å². The summed E-state index contributed by atoms with van der Waals surface area (Å²) >= 11 is 1.56. The Balaban J connectivity index is 1.88. The van der Waals surface area contributed by atoms with Crippen molar-refractivity contribution in [2.45, 2.75) is 26.4 Å². The maximum atomic E-state index is 12.1. The van der Waals surface area contributed by atoms with E-state index in [9.17, 15) is 9.90 Å². The van der Waals surface area contributed by atoms with E-state index in [-0.39, 0.29) is 5.91 Å². The number of carbonyl (C=O) groups excluding carboxylic acids is 1. The molecule has 0 fully saturated rings. The normalized spacial score (nSPS) is 12.2. The van der Waals surface area contributed by atoms with Crippen LogP contribution in [-0.4, -0.2) is 17.6 Å². The van der Waals surface area contributed by atoms with Gasteiger partial charge in [0.15, 0.2) is 0 Å². The molecule has 2 aromatic rings. The van der Waals surface area contributed by atoms with E-state index < -0.39 is 6.10 Å². The predicted molar refractivity (Wildman–Crippen MR) is 82.1 cm³/mol. The molecule has 0 aliphatic heterocycles. The first kappa shape index (κ1) is 14.8. The van der Waals surface area contributed by atoms with Crippen LogP contribution in [0.5, 0.6) is 0 Å². The molecule has 1 aromatic heterocycles. The topological polar surface area (TPSA) is 49.3 Å². The van der Waals surface area contributed by atoms with Gasteiger partial charge in [0.25, 0.3) is 5.91 Å². The Labute approximate surface area is 123 Å². The quantitative estimate of drug-likeness (QED) is 0.888. The first-order valence-electron chi connectivity index (χ1n) is 6.63. The van der Waals surface area contributed by atoms with E-state index in [1.165, 1.54) is 0 Å². The number of rotatable bonds is 5. The number of amides is 1. The van der Waals surface area contributed by atoms with Crippen LogP contribution in [0.4, 0.5) is 0 Å². The van der Waals surface area contributed by atoms with Crippen LogP contribution < -0.4 is 5.32 Å². The van der Waals surface area contributed by atoms with Crippen molar-refractivity contribution >= 4 is 17.2 Å². The second-order valence-electron chi connectivity index (χ2n) is 4.94. The molecule has 0 aliphatic rings. The van der Waals surface area contributed by atoms with E-state index in [0.29, 0.717) is 18.5 Å². The van der Waals surface area contributed by atoms with Crippen LogP contribution in [0.15, 0.2) is 35.0 Å². The van der Waals surface area contributed by atoms with Gasteiger partial charge in [-0.15, -0.1) is 0 Å². The summed E-state index contributed by atoms with van der Waals surface area (Å²) in [6, 6.07) is 7.73. The number of hydrogen-bond donors (Lipinski definition) is 2. The number of thiophene rings is 1. The van der Waals surface area contributed by atoms with Gasteiger partial charge in [-0.05, 0) is 54.3 Å². The molecule has 1 unspecified atom stereocenters. The van der Waals surface area contributed by atoms with Crippen LogP contribution in [-0.2, 0) is 0 Å². The van der Waals surface area contributed by atoms with E-state index >= 15 is 0 Å². The molecule has 106 valence electrons. The third-order valence-electron chi connectivity index (χ3n) is 3.27. The predicted octanol–water partition coefficient (Wildman–Crippen LogP) is 3.22. The molecule has 0 spiro atoms. The number of aliphatic hydroxyl groups is 1. The maximum Gasteiger partial charge on any atom is 0.251 e. The van der Waals surface area contributed by atoms with Gasteiger partial charge < -0.3 is 10.4 Å². The van der Waals surface area contributed by atoms with E-state index in [0.717, 1.165) is 16.7 Å². The number of aliphatic hydroxyl groups excluding tert-OH is 1. The third-order valence-corrected chi connectivity index (χ3v) is 3.97. The zero-order valence-corrected chi connectivity index (χ0v) is 12.5. The minimum absolute atomic E-state index is 0.0799. The Morgan fingerprint density at radius 3 is 2.85 bits per heavy atom. The molecule has 3 nitrogen and oxygen atoms in total.